The third-order valence-corrected chi connectivity index (χ3v) is 3.84. The Morgan fingerprint density at radius 2 is 2.11 bits per heavy atom. The second-order valence-corrected chi connectivity index (χ2v) is 6.08. The maximum atomic E-state index is 13.3. The summed E-state index contributed by atoms with van der Waals surface area (Å²) in [5.41, 5.74) is 1.89. The molecule has 4 heteroatoms. The monoisotopic (exact) mass is 282 g/mol. The van der Waals surface area contributed by atoms with Crippen molar-refractivity contribution < 1.29 is 4.39 Å². The molecule has 0 N–H and O–H groups in total. The zero-order valence-electron chi connectivity index (χ0n) is 11.7. The Morgan fingerprint density at radius 1 is 1.37 bits per heavy atom. The zero-order valence-corrected chi connectivity index (χ0v) is 12.5. The van der Waals surface area contributed by atoms with Gasteiger partial charge in [-0.1, -0.05) is 20.8 Å². The highest BCUT2D eigenvalue weighted by atomic mass is 35.5. The van der Waals surface area contributed by atoms with Crippen LogP contribution in [0.5, 0.6) is 0 Å². The third-order valence-electron chi connectivity index (χ3n) is 3.65. The minimum absolute atomic E-state index is 0.184. The molecule has 0 saturated heterocycles. The largest absolute Gasteiger partial charge is 0.327 e. The summed E-state index contributed by atoms with van der Waals surface area (Å²) in [5.74, 6) is 1.22. The average molecular weight is 283 g/mol. The highest BCUT2D eigenvalue weighted by molar-refractivity contribution is 6.17. The summed E-state index contributed by atoms with van der Waals surface area (Å²) in [5, 5.41) is 0. The number of aromatic nitrogens is 2. The second kappa shape index (κ2) is 5.49. The Kier molecular flexibility index (Phi) is 4.14. The van der Waals surface area contributed by atoms with Crippen LogP contribution in [0.2, 0.25) is 0 Å². The van der Waals surface area contributed by atoms with E-state index in [9.17, 15) is 4.39 Å². The van der Waals surface area contributed by atoms with Gasteiger partial charge in [0.25, 0.3) is 0 Å². The molecule has 0 fully saturated rings. The van der Waals surface area contributed by atoms with Gasteiger partial charge in [0.15, 0.2) is 0 Å². The predicted octanol–water partition coefficient (Wildman–Crippen LogP) is 4.39. The van der Waals surface area contributed by atoms with Crippen LogP contribution < -0.4 is 0 Å². The van der Waals surface area contributed by atoms with Crippen molar-refractivity contribution in [3.8, 4) is 0 Å². The third kappa shape index (κ3) is 3.08. The van der Waals surface area contributed by atoms with Gasteiger partial charge in [0.2, 0.25) is 0 Å². The normalized spacial score (nSPS) is 12.3. The zero-order chi connectivity index (χ0) is 14.0. The lowest BCUT2D eigenvalue weighted by Crippen LogP contribution is -2.20. The minimum atomic E-state index is -0.246. The fourth-order valence-electron chi connectivity index (χ4n) is 2.14. The molecule has 0 radical (unpaired) electrons. The predicted molar refractivity (Wildman–Crippen MR) is 78.2 cm³/mol. The molecular weight excluding hydrogens is 263 g/mol. The van der Waals surface area contributed by atoms with Crippen molar-refractivity contribution >= 4 is 22.6 Å². The van der Waals surface area contributed by atoms with Crippen LogP contribution in [-0.4, -0.2) is 15.4 Å². The number of rotatable bonds is 5. The summed E-state index contributed by atoms with van der Waals surface area (Å²) in [6.07, 6.45) is 1.78. The van der Waals surface area contributed by atoms with Crippen LogP contribution in [0.3, 0.4) is 0 Å². The Bertz CT molecular complexity index is 575. The number of benzene rings is 1. The van der Waals surface area contributed by atoms with Gasteiger partial charge in [-0.15, -0.1) is 11.6 Å². The van der Waals surface area contributed by atoms with Gasteiger partial charge in [-0.25, -0.2) is 9.37 Å². The molecular formula is C15H20ClFN2. The standard InChI is InChI=1S/C15H20ClFN2/c1-4-15(2,3)10-19-13-6-5-11(17)9-12(13)18-14(19)7-8-16/h5-6,9H,4,7-8,10H2,1-3H3. The first-order valence-electron chi connectivity index (χ1n) is 6.67. The first-order chi connectivity index (χ1) is 8.96. The van der Waals surface area contributed by atoms with Crippen LogP contribution in [0.25, 0.3) is 11.0 Å². The Labute approximate surface area is 118 Å². The van der Waals surface area contributed by atoms with Crippen molar-refractivity contribution in [2.45, 2.75) is 40.2 Å². The molecule has 2 aromatic rings. The number of hydrogen-bond acceptors (Lipinski definition) is 1. The van der Waals surface area contributed by atoms with Gasteiger partial charge in [0.1, 0.15) is 11.6 Å². The molecule has 0 amide bonds. The molecule has 2 nitrogen and oxygen atoms in total. The number of alkyl halides is 1. The van der Waals surface area contributed by atoms with Gasteiger partial charge in [0.05, 0.1) is 11.0 Å². The second-order valence-electron chi connectivity index (χ2n) is 5.70. The van der Waals surface area contributed by atoms with Gasteiger partial charge in [-0.2, -0.15) is 0 Å². The lowest BCUT2D eigenvalue weighted by molar-refractivity contribution is 0.294. The van der Waals surface area contributed by atoms with E-state index in [1.165, 1.54) is 12.1 Å². The van der Waals surface area contributed by atoms with Crippen molar-refractivity contribution in [1.29, 1.82) is 0 Å². The highest BCUT2D eigenvalue weighted by Crippen LogP contribution is 2.27. The van der Waals surface area contributed by atoms with E-state index in [2.05, 4.69) is 30.3 Å². The number of halogens is 2. The molecule has 1 aromatic heterocycles. The van der Waals surface area contributed by atoms with E-state index in [4.69, 9.17) is 11.6 Å². The highest BCUT2D eigenvalue weighted by Gasteiger charge is 2.20. The molecule has 0 atom stereocenters. The van der Waals surface area contributed by atoms with E-state index in [-0.39, 0.29) is 11.2 Å². The fourth-order valence-corrected chi connectivity index (χ4v) is 2.31. The quantitative estimate of drug-likeness (QED) is 0.744. The molecule has 0 aliphatic heterocycles. The van der Waals surface area contributed by atoms with E-state index in [0.717, 1.165) is 24.3 Å². The first kappa shape index (κ1) is 14.3. The van der Waals surface area contributed by atoms with Gasteiger partial charge in [-0.05, 0) is 24.0 Å². The lowest BCUT2D eigenvalue weighted by Gasteiger charge is -2.24. The van der Waals surface area contributed by atoms with Crippen LogP contribution >= 0.6 is 11.6 Å². The van der Waals surface area contributed by atoms with Crippen molar-refractivity contribution in [3.63, 3.8) is 0 Å². The molecule has 19 heavy (non-hydrogen) atoms. The summed E-state index contributed by atoms with van der Waals surface area (Å²) in [6.45, 7) is 7.51. The van der Waals surface area contributed by atoms with Crippen LogP contribution in [0, 0.1) is 11.2 Å². The minimum Gasteiger partial charge on any atom is -0.327 e. The van der Waals surface area contributed by atoms with E-state index >= 15 is 0 Å². The van der Waals surface area contributed by atoms with E-state index in [0.29, 0.717) is 17.8 Å². The molecule has 0 saturated carbocycles. The van der Waals surface area contributed by atoms with Crippen LogP contribution in [-0.2, 0) is 13.0 Å². The van der Waals surface area contributed by atoms with Crippen molar-refractivity contribution in [1.82, 2.24) is 9.55 Å². The summed E-state index contributed by atoms with van der Waals surface area (Å²) < 4.78 is 15.5. The molecule has 0 aliphatic carbocycles. The lowest BCUT2D eigenvalue weighted by atomic mass is 9.90. The summed E-state index contributed by atoms with van der Waals surface area (Å²) in [4.78, 5) is 4.52. The van der Waals surface area contributed by atoms with Gasteiger partial charge < -0.3 is 4.57 Å². The maximum Gasteiger partial charge on any atom is 0.125 e. The summed E-state index contributed by atoms with van der Waals surface area (Å²) >= 11 is 5.84. The van der Waals surface area contributed by atoms with Gasteiger partial charge >= 0.3 is 0 Å². The van der Waals surface area contributed by atoms with E-state index in [1.54, 1.807) is 6.07 Å². The number of nitrogens with zero attached hydrogens (tertiary/aromatic N) is 2. The molecule has 0 unspecified atom stereocenters. The molecule has 0 spiro atoms. The Balaban J connectivity index is 2.52. The van der Waals surface area contributed by atoms with Crippen LogP contribution in [0.15, 0.2) is 18.2 Å². The Morgan fingerprint density at radius 3 is 2.74 bits per heavy atom. The number of aryl methyl sites for hydroxylation is 1. The van der Waals surface area contributed by atoms with Crippen LogP contribution in [0.4, 0.5) is 4.39 Å². The summed E-state index contributed by atoms with van der Waals surface area (Å²) in [6, 6.07) is 4.79. The summed E-state index contributed by atoms with van der Waals surface area (Å²) in [7, 11) is 0. The molecule has 0 aliphatic rings. The molecule has 104 valence electrons. The van der Waals surface area contributed by atoms with E-state index in [1.807, 2.05) is 0 Å². The van der Waals surface area contributed by atoms with Crippen molar-refractivity contribution in [2.24, 2.45) is 5.41 Å². The molecule has 1 heterocycles. The van der Waals surface area contributed by atoms with Crippen molar-refractivity contribution in [2.75, 3.05) is 5.88 Å². The number of fused-ring (bicyclic) bond motifs is 1. The molecule has 2 rings (SSSR count). The van der Waals surface area contributed by atoms with Crippen molar-refractivity contribution in [3.05, 3.63) is 29.8 Å². The van der Waals surface area contributed by atoms with Crippen LogP contribution in [0.1, 0.15) is 33.0 Å². The smallest absolute Gasteiger partial charge is 0.125 e. The maximum absolute atomic E-state index is 13.3. The molecule has 0 bridgehead atoms. The Hall–Kier alpha value is -1.09. The van der Waals surface area contributed by atoms with E-state index < -0.39 is 0 Å². The van der Waals surface area contributed by atoms with Gasteiger partial charge in [-0.3, -0.25) is 0 Å². The number of imidazole rings is 1. The fraction of sp³-hybridized carbons (Fsp3) is 0.533. The molecule has 1 aromatic carbocycles. The SMILES string of the molecule is CCC(C)(C)Cn1c(CCCl)nc2cc(F)ccc21. The first-order valence-corrected chi connectivity index (χ1v) is 7.21. The average Bonchev–Trinajstić information content (AvgIpc) is 2.67. The van der Waals surface area contributed by atoms with Gasteiger partial charge in [0, 0.05) is 24.9 Å². The number of hydrogen-bond donors (Lipinski definition) is 0. The topological polar surface area (TPSA) is 17.8 Å².